The zero-order valence-corrected chi connectivity index (χ0v) is 38.8. The normalized spacial score (nSPS) is 50.8. The zero-order chi connectivity index (χ0) is 40.5. The maximum Gasteiger partial charge on any atom is 1.00 e. The molecule has 8 fully saturated rings. The van der Waals surface area contributed by atoms with Crippen molar-refractivity contribution in [2.45, 2.75) is 194 Å². The molecule has 8 nitrogen and oxygen atoms in total. The summed E-state index contributed by atoms with van der Waals surface area (Å²) in [6.45, 7) is 13.9. The molecule has 4 unspecified atom stereocenters. The summed E-state index contributed by atoms with van der Waals surface area (Å²) >= 11 is 0. The standard InChI is InChI=1S/2C24H40O4.Na/c2*1-14(4-9-22(27)28)18-7-8-19-17-6-5-15-12-16(25)10-11-23(15,2)20(17)13-21(26)24(18,19)3;/h2*14-21,25-26H,4-13H2,1-3H3,(H,27,28);/q;;+1/p-1/t14-,15-,16-,17?,18-,19?,20?,21+,23+,24-;14-,15-,16-,17-,18-,19?,20-,21+,23+,24-;/m11./s1. The van der Waals surface area contributed by atoms with E-state index < -0.39 is 11.9 Å². The SMILES string of the molecule is C[C@H](CCC(=O)O)[C@H]1CCC2[C@H]3CC[C@@H]4C[C@H](O)CC[C@]4(C)[C@@H]3C[C@H](O)[C@@]21C.C[C@H](CCC(=O)[O-])[C@H]1CCC2C3CC[C@@H]4C[C@H](O)CC[C@]4(C)C3C[C@H](O)[C@@]21C.[Na+]. The summed E-state index contributed by atoms with van der Waals surface area (Å²) in [4.78, 5) is 22.0. The molecule has 57 heavy (non-hydrogen) atoms. The van der Waals surface area contributed by atoms with E-state index >= 15 is 0 Å². The molecule has 0 amide bonds. The Labute approximate surface area is 366 Å². The van der Waals surface area contributed by atoms with E-state index in [0.29, 0.717) is 77.4 Å². The number of fused-ring (bicyclic) bond motifs is 10. The Morgan fingerprint density at radius 2 is 0.982 bits per heavy atom. The first-order valence-electron chi connectivity index (χ1n) is 23.5. The summed E-state index contributed by atoms with van der Waals surface area (Å²) in [5.41, 5.74) is 0.404. The number of aliphatic hydroxyl groups excluding tert-OH is 4. The first kappa shape index (κ1) is 46.3. The number of carboxylic acid groups (broad SMARTS) is 2. The number of hydrogen-bond donors (Lipinski definition) is 5. The molecule has 8 saturated carbocycles. The Kier molecular flexibility index (Phi) is 14.2. The first-order chi connectivity index (χ1) is 26.3. The quantitative estimate of drug-likeness (QED) is 0.223. The number of aliphatic hydroxyl groups is 4. The van der Waals surface area contributed by atoms with Crippen molar-refractivity contribution in [2.75, 3.05) is 0 Å². The van der Waals surface area contributed by atoms with E-state index in [0.717, 1.165) is 70.6 Å². The molecule has 0 saturated heterocycles. The molecule has 0 aromatic carbocycles. The van der Waals surface area contributed by atoms with Gasteiger partial charge in [-0.2, -0.15) is 0 Å². The second-order valence-corrected chi connectivity index (χ2v) is 22.6. The third-order valence-electron chi connectivity index (χ3n) is 20.6. The average Bonchev–Trinajstić information content (AvgIpc) is 3.70. The van der Waals surface area contributed by atoms with Crippen LogP contribution in [0.2, 0.25) is 0 Å². The molecule has 0 heterocycles. The Morgan fingerprint density at radius 1 is 0.579 bits per heavy atom. The van der Waals surface area contributed by atoms with E-state index in [-0.39, 0.29) is 88.5 Å². The van der Waals surface area contributed by atoms with E-state index in [9.17, 15) is 35.1 Å². The van der Waals surface area contributed by atoms with Gasteiger partial charge in [-0.05, 0) is 215 Å². The van der Waals surface area contributed by atoms with Crippen molar-refractivity contribution < 1.29 is 69.8 Å². The molecule has 9 heteroatoms. The van der Waals surface area contributed by atoms with Gasteiger partial charge in [0.05, 0.1) is 24.4 Å². The van der Waals surface area contributed by atoms with E-state index in [1.54, 1.807) is 0 Å². The van der Waals surface area contributed by atoms with Crippen molar-refractivity contribution in [3.8, 4) is 0 Å². The Bertz CT molecular complexity index is 1320. The van der Waals surface area contributed by atoms with Crippen molar-refractivity contribution in [1.82, 2.24) is 0 Å². The van der Waals surface area contributed by atoms with Crippen LogP contribution in [0.4, 0.5) is 0 Å². The van der Waals surface area contributed by atoms with Gasteiger partial charge in [-0.3, -0.25) is 4.79 Å². The Morgan fingerprint density at radius 3 is 1.37 bits per heavy atom. The summed E-state index contributed by atoms with van der Waals surface area (Å²) in [6.07, 6.45) is 18.2. The smallest absolute Gasteiger partial charge is 0.550 e. The van der Waals surface area contributed by atoms with Gasteiger partial charge in [0.2, 0.25) is 0 Å². The van der Waals surface area contributed by atoms with Gasteiger partial charge in [0.15, 0.2) is 0 Å². The van der Waals surface area contributed by atoms with E-state index in [4.69, 9.17) is 5.11 Å². The van der Waals surface area contributed by atoms with Gasteiger partial charge in [-0.15, -0.1) is 0 Å². The van der Waals surface area contributed by atoms with Crippen molar-refractivity contribution in [2.24, 2.45) is 92.7 Å². The molecule has 0 radical (unpaired) electrons. The van der Waals surface area contributed by atoms with Crippen LogP contribution >= 0.6 is 0 Å². The van der Waals surface area contributed by atoms with Gasteiger partial charge in [0.25, 0.3) is 0 Å². The summed E-state index contributed by atoms with van der Waals surface area (Å²) in [5, 5.41) is 63.4. The van der Waals surface area contributed by atoms with Crippen LogP contribution in [0.1, 0.15) is 170 Å². The third kappa shape index (κ3) is 8.03. The summed E-state index contributed by atoms with van der Waals surface area (Å²) in [7, 11) is 0. The molecule has 0 aliphatic heterocycles. The van der Waals surface area contributed by atoms with Gasteiger partial charge in [-0.25, -0.2) is 0 Å². The molecule has 0 spiro atoms. The van der Waals surface area contributed by atoms with Crippen molar-refractivity contribution >= 4 is 11.9 Å². The fourth-order valence-electron chi connectivity index (χ4n) is 17.4. The van der Waals surface area contributed by atoms with E-state index in [1.165, 1.54) is 38.5 Å². The van der Waals surface area contributed by atoms with E-state index in [1.807, 2.05) is 0 Å². The number of carbonyl (C=O) groups excluding carboxylic acids is 1. The molecule has 5 N–H and O–H groups in total. The minimum atomic E-state index is -0.957. The fourth-order valence-corrected chi connectivity index (χ4v) is 17.4. The van der Waals surface area contributed by atoms with Crippen LogP contribution in [0.25, 0.3) is 0 Å². The molecule has 20 atom stereocenters. The third-order valence-corrected chi connectivity index (χ3v) is 20.6. The summed E-state index contributed by atoms with van der Waals surface area (Å²) in [5.74, 6) is 4.73. The van der Waals surface area contributed by atoms with Gasteiger partial charge >= 0.3 is 35.5 Å². The van der Waals surface area contributed by atoms with Crippen LogP contribution in [-0.4, -0.2) is 61.9 Å². The van der Waals surface area contributed by atoms with Crippen LogP contribution in [0.3, 0.4) is 0 Å². The summed E-state index contributed by atoms with van der Waals surface area (Å²) < 4.78 is 0. The van der Waals surface area contributed by atoms with Crippen LogP contribution in [0.5, 0.6) is 0 Å². The van der Waals surface area contributed by atoms with Crippen molar-refractivity contribution in [1.29, 1.82) is 0 Å². The minimum Gasteiger partial charge on any atom is -0.550 e. The van der Waals surface area contributed by atoms with Crippen LogP contribution in [0, 0.1) is 92.7 Å². The maximum atomic E-state index is 11.5. The van der Waals surface area contributed by atoms with Gasteiger partial charge in [0, 0.05) is 12.4 Å². The predicted octanol–water partition coefficient (Wildman–Crippen LogP) is 4.63. The number of carbonyl (C=O) groups is 2. The molecule has 8 aliphatic rings. The fraction of sp³-hybridized carbons (Fsp3) is 0.958. The predicted molar refractivity (Wildman–Crippen MR) is 215 cm³/mol. The van der Waals surface area contributed by atoms with E-state index in [2.05, 4.69) is 41.5 Å². The monoisotopic (exact) mass is 807 g/mol. The molecule has 320 valence electrons. The first-order valence-corrected chi connectivity index (χ1v) is 23.5. The largest absolute Gasteiger partial charge is 1.00 e. The zero-order valence-electron chi connectivity index (χ0n) is 36.8. The number of carboxylic acids is 2. The van der Waals surface area contributed by atoms with Crippen molar-refractivity contribution in [3.05, 3.63) is 0 Å². The minimum absolute atomic E-state index is 0. The van der Waals surface area contributed by atoms with Gasteiger partial charge in [0.1, 0.15) is 0 Å². The van der Waals surface area contributed by atoms with Crippen LogP contribution in [-0.2, 0) is 9.59 Å². The second kappa shape index (κ2) is 17.5. The van der Waals surface area contributed by atoms with Gasteiger partial charge < -0.3 is 35.4 Å². The number of rotatable bonds is 8. The molecular formula is C48H79NaO8. The number of aliphatic carboxylic acids is 2. The molecule has 0 aromatic heterocycles. The molecule has 0 aromatic rings. The van der Waals surface area contributed by atoms with Gasteiger partial charge in [-0.1, -0.05) is 41.5 Å². The Balaban J connectivity index is 0.000000189. The average molecular weight is 807 g/mol. The Hall–Kier alpha value is -0.220. The summed E-state index contributed by atoms with van der Waals surface area (Å²) in [6, 6.07) is 0. The molecule has 8 rings (SSSR count). The van der Waals surface area contributed by atoms with Crippen LogP contribution < -0.4 is 34.7 Å². The molecule has 0 bridgehead atoms. The van der Waals surface area contributed by atoms with Crippen LogP contribution in [0.15, 0.2) is 0 Å². The maximum absolute atomic E-state index is 11.5. The van der Waals surface area contributed by atoms with Crippen molar-refractivity contribution in [3.63, 3.8) is 0 Å². The second-order valence-electron chi connectivity index (χ2n) is 22.6. The molecule has 8 aliphatic carbocycles. The topological polar surface area (TPSA) is 158 Å². The molecular weight excluding hydrogens is 728 g/mol. The number of hydrogen-bond acceptors (Lipinski definition) is 7.